The second-order valence-electron chi connectivity index (χ2n) is 5.50. The largest absolute Gasteiger partial charge is 0.453 e. The van der Waals surface area contributed by atoms with E-state index in [4.69, 9.17) is 4.74 Å². The molecule has 106 valence electrons. The summed E-state index contributed by atoms with van der Waals surface area (Å²) in [5, 5.41) is 10.7. The van der Waals surface area contributed by atoms with Gasteiger partial charge < -0.3 is 4.74 Å². The van der Waals surface area contributed by atoms with E-state index in [9.17, 15) is 14.9 Å². The molecule has 5 heteroatoms. The summed E-state index contributed by atoms with van der Waals surface area (Å²) in [6, 6.07) is 6.13. The summed E-state index contributed by atoms with van der Waals surface area (Å²) in [5.74, 6) is -0.364. The van der Waals surface area contributed by atoms with Gasteiger partial charge in [0.05, 0.1) is 4.92 Å². The minimum Gasteiger partial charge on any atom is -0.453 e. The average Bonchev–Trinajstić information content (AvgIpc) is 2.85. The van der Waals surface area contributed by atoms with Crippen LogP contribution in [0.2, 0.25) is 0 Å². The monoisotopic (exact) mass is 275 g/mol. The number of carbonyl (C=O) groups is 1. The molecule has 1 aliphatic rings. The van der Waals surface area contributed by atoms with Crippen molar-refractivity contribution in [2.75, 3.05) is 0 Å². The van der Waals surface area contributed by atoms with Crippen LogP contribution in [0.1, 0.15) is 39.4 Å². The lowest BCUT2D eigenvalue weighted by Gasteiger charge is -2.18. The van der Waals surface area contributed by atoms with Crippen molar-refractivity contribution in [3.63, 3.8) is 0 Å². The summed E-state index contributed by atoms with van der Waals surface area (Å²) in [4.78, 5) is 21.5. The van der Waals surface area contributed by atoms with Crippen LogP contribution < -0.4 is 0 Å². The highest BCUT2D eigenvalue weighted by molar-refractivity contribution is 5.68. The highest BCUT2D eigenvalue weighted by atomic mass is 16.6. The molecule has 0 amide bonds. The Morgan fingerprint density at radius 1 is 1.30 bits per heavy atom. The second kappa shape index (κ2) is 4.74. The van der Waals surface area contributed by atoms with E-state index in [1.165, 1.54) is 24.6 Å². The number of rotatable bonds is 4. The minimum absolute atomic E-state index is 0.0242. The molecule has 1 aliphatic carbocycles. The molecule has 0 aromatic heterocycles. The van der Waals surface area contributed by atoms with Crippen molar-refractivity contribution in [2.45, 2.75) is 33.8 Å². The van der Waals surface area contributed by atoms with Gasteiger partial charge in [-0.3, -0.25) is 14.9 Å². The van der Waals surface area contributed by atoms with Crippen molar-refractivity contribution in [1.82, 2.24) is 0 Å². The number of ether oxygens (including phenoxy) is 1. The molecule has 2 rings (SSSR count). The van der Waals surface area contributed by atoms with Crippen molar-refractivity contribution < 1.29 is 14.5 Å². The lowest BCUT2D eigenvalue weighted by molar-refractivity contribution is -0.384. The zero-order valence-corrected chi connectivity index (χ0v) is 12.0. The van der Waals surface area contributed by atoms with Crippen LogP contribution in [0, 0.1) is 15.5 Å². The van der Waals surface area contributed by atoms with Crippen molar-refractivity contribution in [2.24, 2.45) is 5.41 Å². The zero-order chi connectivity index (χ0) is 15.1. The van der Waals surface area contributed by atoms with Crippen LogP contribution in [0.4, 0.5) is 5.69 Å². The van der Waals surface area contributed by atoms with E-state index in [-0.39, 0.29) is 17.1 Å². The number of allylic oxidation sites excluding steroid dienone is 1. The Balaban J connectivity index is 2.33. The van der Waals surface area contributed by atoms with E-state index in [0.717, 1.165) is 11.1 Å². The Morgan fingerprint density at radius 3 is 2.15 bits per heavy atom. The molecule has 0 aliphatic heterocycles. The summed E-state index contributed by atoms with van der Waals surface area (Å²) < 4.78 is 5.40. The highest BCUT2D eigenvalue weighted by Gasteiger charge is 2.47. The molecular weight excluding hydrogens is 258 g/mol. The number of carbonyl (C=O) groups excluding carboxylic acids is 1. The van der Waals surface area contributed by atoms with Crippen LogP contribution >= 0.6 is 0 Å². The molecule has 0 saturated heterocycles. The Hall–Kier alpha value is -2.17. The molecule has 1 atom stereocenters. The molecule has 1 unspecified atom stereocenters. The maximum absolute atomic E-state index is 11.3. The fourth-order valence-electron chi connectivity index (χ4n) is 2.44. The van der Waals surface area contributed by atoms with Gasteiger partial charge >= 0.3 is 5.97 Å². The van der Waals surface area contributed by atoms with Crippen molar-refractivity contribution in [3.05, 3.63) is 51.1 Å². The first-order valence-corrected chi connectivity index (χ1v) is 6.38. The van der Waals surface area contributed by atoms with Gasteiger partial charge in [-0.05, 0) is 30.2 Å². The van der Waals surface area contributed by atoms with Gasteiger partial charge in [-0.15, -0.1) is 0 Å². The number of nitro groups is 1. The summed E-state index contributed by atoms with van der Waals surface area (Å²) in [7, 11) is 0. The summed E-state index contributed by atoms with van der Waals surface area (Å²) in [5.41, 5.74) is 2.99. The third kappa shape index (κ3) is 2.43. The lowest BCUT2D eigenvalue weighted by Crippen LogP contribution is -2.11. The van der Waals surface area contributed by atoms with Gasteiger partial charge in [0.2, 0.25) is 0 Å². The molecule has 0 radical (unpaired) electrons. The van der Waals surface area contributed by atoms with Gasteiger partial charge in [-0.25, -0.2) is 0 Å². The van der Waals surface area contributed by atoms with Crippen LogP contribution in [-0.4, -0.2) is 10.9 Å². The zero-order valence-electron chi connectivity index (χ0n) is 12.0. The topological polar surface area (TPSA) is 69.4 Å². The quantitative estimate of drug-likeness (QED) is 0.364. The smallest absolute Gasteiger partial charge is 0.303 e. The van der Waals surface area contributed by atoms with E-state index < -0.39 is 11.0 Å². The van der Waals surface area contributed by atoms with Gasteiger partial charge in [-0.2, -0.15) is 0 Å². The normalized spacial score (nSPS) is 17.6. The molecule has 1 aromatic rings. The number of hydrogen-bond donors (Lipinski definition) is 0. The third-order valence-electron chi connectivity index (χ3n) is 3.91. The van der Waals surface area contributed by atoms with Crippen molar-refractivity contribution in [1.29, 1.82) is 0 Å². The Bertz CT molecular complexity index is 599. The number of nitrogens with zero attached hydrogens (tertiary/aromatic N) is 1. The second-order valence-corrected chi connectivity index (χ2v) is 5.50. The molecule has 0 fully saturated rings. The first kappa shape index (κ1) is 14.2. The first-order chi connectivity index (χ1) is 9.25. The summed E-state index contributed by atoms with van der Waals surface area (Å²) >= 11 is 0. The Labute approximate surface area is 117 Å². The fraction of sp³-hybridized carbons (Fsp3) is 0.400. The fourth-order valence-corrected chi connectivity index (χ4v) is 2.44. The molecule has 1 aromatic carbocycles. The summed E-state index contributed by atoms with van der Waals surface area (Å²) in [6.45, 7) is 7.51. The molecule has 20 heavy (non-hydrogen) atoms. The van der Waals surface area contributed by atoms with Crippen LogP contribution in [0.25, 0.3) is 0 Å². The van der Waals surface area contributed by atoms with E-state index in [1.54, 1.807) is 12.1 Å². The number of esters is 1. The molecular formula is C15H17NO4. The van der Waals surface area contributed by atoms with E-state index >= 15 is 0 Å². The third-order valence-corrected chi connectivity index (χ3v) is 3.91. The van der Waals surface area contributed by atoms with Gasteiger partial charge in [0, 0.05) is 24.5 Å². The van der Waals surface area contributed by atoms with Crippen molar-refractivity contribution >= 4 is 11.7 Å². The van der Waals surface area contributed by atoms with Crippen molar-refractivity contribution in [3.8, 4) is 0 Å². The van der Waals surface area contributed by atoms with Gasteiger partial charge in [0.15, 0.2) is 0 Å². The number of nitro benzene ring substituents is 1. The maximum atomic E-state index is 11.3. The van der Waals surface area contributed by atoms with E-state index in [0.29, 0.717) is 0 Å². The highest BCUT2D eigenvalue weighted by Crippen LogP contribution is 2.58. The van der Waals surface area contributed by atoms with Crippen LogP contribution in [0.3, 0.4) is 0 Å². The lowest BCUT2D eigenvalue weighted by atomic mass is 9.97. The number of benzene rings is 1. The average molecular weight is 275 g/mol. The van der Waals surface area contributed by atoms with Gasteiger partial charge in [-0.1, -0.05) is 19.4 Å². The minimum atomic E-state index is -0.455. The predicted octanol–water partition coefficient (Wildman–Crippen LogP) is 3.56. The van der Waals surface area contributed by atoms with Crippen LogP contribution in [0.5, 0.6) is 0 Å². The van der Waals surface area contributed by atoms with E-state index in [1.807, 2.05) is 6.92 Å². The first-order valence-electron chi connectivity index (χ1n) is 6.38. The molecule has 0 N–H and O–H groups in total. The molecule has 5 nitrogen and oxygen atoms in total. The van der Waals surface area contributed by atoms with Crippen LogP contribution in [0.15, 0.2) is 35.4 Å². The van der Waals surface area contributed by atoms with Crippen LogP contribution in [-0.2, 0) is 9.53 Å². The Kier molecular flexibility index (Phi) is 3.38. The van der Waals surface area contributed by atoms with Gasteiger partial charge in [0.1, 0.15) is 6.10 Å². The Morgan fingerprint density at radius 2 is 1.80 bits per heavy atom. The van der Waals surface area contributed by atoms with E-state index in [2.05, 4.69) is 13.8 Å². The van der Waals surface area contributed by atoms with Gasteiger partial charge in [0.25, 0.3) is 5.69 Å². The molecule has 0 bridgehead atoms. The molecule has 0 spiro atoms. The number of hydrogen-bond acceptors (Lipinski definition) is 4. The standard InChI is InChI=1S/C15H17NO4/c1-9-13(15(9,3)4)14(20-10(2)17)11-5-7-12(8-6-11)16(18)19/h5-8,14H,1-4H3. The predicted molar refractivity (Wildman–Crippen MR) is 74.1 cm³/mol. The SMILES string of the molecule is CC(=O)OC(C1=C(C)C1(C)C)c1ccc([N+](=O)[O-])cc1. The summed E-state index contributed by atoms with van der Waals surface area (Å²) in [6.07, 6.45) is -0.455. The number of non-ortho nitro benzene ring substituents is 1. The maximum Gasteiger partial charge on any atom is 0.303 e. The molecule has 0 saturated carbocycles. The molecule has 0 heterocycles.